The summed E-state index contributed by atoms with van der Waals surface area (Å²) in [6, 6.07) is 0. The van der Waals surface area contributed by atoms with Crippen molar-refractivity contribution < 1.29 is 9.53 Å². The zero-order valence-corrected chi connectivity index (χ0v) is 17.4. The zero-order valence-electron chi connectivity index (χ0n) is 16.7. The van der Waals surface area contributed by atoms with Crippen molar-refractivity contribution in [1.82, 2.24) is 4.90 Å². The predicted octanol–water partition coefficient (Wildman–Crippen LogP) is 6.47. The van der Waals surface area contributed by atoms with Gasteiger partial charge in [0.2, 0.25) is 0 Å². The molecule has 0 fully saturated rings. The number of hydrogen-bond donors (Lipinski definition) is 0. The van der Waals surface area contributed by atoms with Gasteiger partial charge in [-0.15, -0.1) is 0 Å². The first kappa shape index (κ1) is 23.5. The van der Waals surface area contributed by atoms with Gasteiger partial charge in [0, 0.05) is 18.1 Å². The second-order valence-corrected chi connectivity index (χ2v) is 7.69. The van der Waals surface area contributed by atoms with Gasteiger partial charge < -0.3 is 9.64 Å². The number of hydrogen-bond acceptors (Lipinski definition) is 2. The molecule has 1 amide bonds. The minimum Gasteiger partial charge on any atom is -0.444 e. The molecule has 0 aliphatic rings. The summed E-state index contributed by atoms with van der Waals surface area (Å²) >= 11 is 6.08. The maximum atomic E-state index is 12.4. The Hall–Kier alpha value is -1.48. The molecule has 142 valence electrons. The maximum absolute atomic E-state index is 12.4. The fraction of sp³-hybridized carbons (Fsp3) is 0.571. The lowest BCUT2D eigenvalue weighted by Gasteiger charge is -2.28. The van der Waals surface area contributed by atoms with Crippen LogP contribution in [0, 0.1) is 5.92 Å². The number of carbonyl (C=O) groups is 1. The number of halogens is 1. The van der Waals surface area contributed by atoms with Gasteiger partial charge in [-0.1, -0.05) is 56.8 Å². The first-order valence-corrected chi connectivity index (χ1v) is 9.23. The minimum atomic E-state index is -0.487. The van der Waals surface area contributed by atoms with Crippen LogP contribution >= 0.6 is 11.6 Å². The summed E-state index contributed by atoms with van der Waals surface area (Å²) in [6.07, 6.45) is 7.10. The number of nitrogens with zero attached hydrogens (tertiary/aromatic N) is 1. The van der Waals surface area contributed by atoms with Crippen molar-refractivity contribution >= 4 is 17.7 Å². The highest BCUT2D eigenvalue weighted by Crippen LogP contribution is 2.26. The Kier molecular flexibility index (Phi) is 10.5. The topological polar surface area (TPSA) is 29.5 Å². The summed E-state index contributed by atoms with van der Waals surface area (Å²) in [4.78, 5) is 14.2. The predicted molar refractivity (Wildman–Crippen MR) is 109 cm³/mol. The first-order chi connectivity index (χ1) is 11.5. The lowest BCUT2D eigenvalue weighted by molar-refractivity contribution is 0.0243. The molecule has 25 heavy (non-hydrogen) atoms. The van der Waals surface area contributed by atoms with Crippen molar-refractivity contribution in [1.29, 1.82) is 0 Å². The molecule has 0 aromatic carbocycles. The van der Waals surface area contributed by atoms with E-state index in [-0.39, 0.29) is 12.0 Å². The molecule has 0 aromatic rings. The summed E-state index contributed by atoms with van der Waals surface area (Å²) in [5.74, 6) is 0.230. The highest BCUT2D eigenvalue weighted by Gasteiger charge is 2.22. The third kappa shape index (κ3) is 9.54. The van der Waals surface area contributed by atoms with Crippen LogP contribution < -0.4 is 0 Å². The monoisotopic (exact) mass is 367 g/mol. The summed E-state index contributed by atoms with van der Waals surface area (Å²) in [6.45, 7) is 20.7. The van der Waals surface area contributed by atoms with Crippen LogP contribution in [0.3, 0.4) is 0 Å². The highest BCUT2D eigenvalue weighted by molar-refractivity contribution is 6.31. The van der Waals surface area contributed by atoms with Crippen LogP contribution in [0.5, 0.6) is 0 Å². The highest BCUT2D eigenvalue weighted by atomic mass is 35.5. The van der Waals surface area contributed by atoms with Gasteiger partial charge in [0.05, 0.1) is 0 Å². The van der Waals surface area contributed by atoms with Gasteiger partial charge >= 0.3 is 6.09 Å². The molecule has 1 unspecified atom stereocenters. The largest absolute Gasteiger partial charge is 0.444 e. The Morgan fingerprint density at radius 1 is 1.32 bits per heavy atom. The maximum Gasteiger partial charge on any atom is 0.410 e. The van der Waals surface area contributed by atoms with Gasteiger partial charge in [-0.2, -0.15) is 0 Å². The Morgan fingerprint density at radius 2 is 1.92 bits per heavy atom. The van der Waals surface area contributed by atoms with E-state index in [1.165, 1.54) is 0 Å². The van der Waals surface area contributed by atoms with E-state index in [9.17, 15) is 4.79 Å². The van der Waals surface area contributed by atoms with Crippen LogP contribution in [0.2, 0.25) is 0 Å². The van der Waals surface area contributed by atoms with Crippen molar-refractivity contribution in [3.63, 3.8) is 0 Å². The Bertz CT molecular complexity index is 527. The average molecular weight is 368 g/mol. The number of carbonyl (C=O) groups excluding carboxylic acids is 1. The third-order valence-electron chi connectivity index (χ3n) is 3.76. The molecule has 0 rings (SSSR count). The molecule has 0 aromatic heterocycles. The number of allylic oxidation sites excluding steroid dienone is 6. The molecule has 0 aliphatic carbocycles. The third-order valence-corrected chi connectivity index (χ3v) is 4.04. The van der Waals surface area contributed by atoms with Gasteiger partial charge in [0.25, 0.3) is 0 Å². The molecule has 0 N–H and O–H groups in total. The van der Waals surface area contributed by atoms with E-state index in [4.69, 9.17) is 16.3 Å². The van der Waals surface area contributed by atoms with Crippen LogP contribution in [0.1, 0.15) is 54.4 Å². The molecule has 1 atom stereocenters. The van der Waals surface area contributed by atoms with Gasteiger partial charge in [-0.05, 0) is 57.6 Å². The lowest BCUT2D eigenvalue weighted by Crippen LogP contribution is -2.38. The summed E-state index contributed by atoms with van der Waals surface area (Å²) < 4.78 is 5.51. The average Bonchev–Trinajstić information content (AvgIpc) is 2.49. The van der Waals surface area contributed by atoms with Crippen LogP contribution in [0.25, 0.3) is 0 Å². The number of ether oxygens (including phenoxy) is 1. The SMILES string of the molecule is C=C/C=C\C(=C(\C)C(=C)Cl)C(C)CCN(CCC)C(=O)OC(C)(C)C. The molecular formula is C21H34ClNO2. The van der Waals surface area contributed by atoms with Crippen LogP contribution in [-0.2, 0) is 4.74 Å². The summed E-state index contributed by atoms with van der Waals surface area (Å²) in [5, 5.41) is 0.535. The fourth-order valence-electron chi connectivity index (χ4n) is 2.38. The molecule has 0 spiro atoms. The van der Waals surface area contributed by atoms with Crippen LogP contribution in [0.4, 0.5) is 4.79 Å². The molecule has 0 saturated carbocycles. The zero-order chi connectivity index (χ0) is 19.6. The van der Waals surface area contributed by atoms with Crippen LogP contribution in [0.15, 0.2) is 47.6 Å². The van der Waals surface area contributed by atoms with E-state index < -0.39 is 5.60 Å². The molecule has 0 bridgehead atoms. The summed E-state index contributed by atoms with van der Waals surface area (Å²) in [5.41, 5.74) is 1.59. The fourth-order valence-corrected chi connectivity index (χ4v) is 2.49. The normalized spacial score (nSPS) is 14.0. The Morgan fingerprint density at radius 3 is 2.36 bits per heavy atom. The van der Waals surface area contributed by atoms with Gasteiger partial charge in [-0.25, -0.2) is 4.79 Å². The van der Waals surface area contributed by atoms with E-state index in [1.807, 2.05) is 39.8 Å². The molecule has 0 radical (unpaired) electrons. The molecular weight excluding hydrogens is 334 g/mol. The van der Waals surface area contributed by atoms with Gasteiger partial charge in [0.15, 0.2) is 0 Å². The molecule has 0 saturated heterocycles. The van der Waals surface area contributed by atoms with Gasteiger partial charge in [0.1, 0.15) is 5.60 Å². The standard InChI is InChI=1S/C21H34ClNO2/c1-9-11-12-19(17(4)18(5)22)16(3)13-15-23(14-10-2)20(24)25-21(6,7)8/h9,11-12,16H,1,5,10,13-15H2,2-4,6-8H3/b12-11-,19-17+. The van der Waals surface area contributed by atoms with E-state index in [2.05, 4.69) is 27.0 Å². The first-order valence-electron chi connectivity index (χ1n) is 8.86. The quantitative estimate of drug-likeness (QED) is 0.437. The number of rotatable bonds is 9. The minimum absolute atomic E-state index is 0.230. The van der Waals surface area contributed by atoms with E-state index in [1.54, 1.807) is 11.0 Å². The second-order valence-electron chi connectivity index (χ2n) is 7.24. The van der Waals surface area contributed by atoms with Crippen molar-refractivity contribution in [3.8, 4) is 0 Å². The van der Waals surface area contributed by atoms with E-state index >= 15 is 0 Å². The van der Waals surface area contributed by atoms with E-state index in [0.29, 0.717) is 18.1 Å². The summed E-state index contributed by atoms with van der Waals surface area (Å²) in [7, 11) is 0. The lowest BCUT2D eigenvalue weighted by atomic mass is 9.92. The van der Waals surface area contributed by atoms with Crippen molar-refractivity contribution in [2.24, 2.45) is 5.92 Å². The van der Waals surface area contributed by atoms with Crippen molar-refractivity contribution in [2.75, 3.05) is 13.1 Å². The Labute approximate surface area is 159 Å². The van der Waals surface area contributed by atoms with Crippen molar-refractivity contribution in [2.45, 2.75) is 60.0 Å². The second kappa shape index (κ2) is 11.2. The molecule has 0 aliphatic heterocycles. The molecule has 0 heterocycles. The molecule has 3 nitrogen and oxygen atoms in total. The van der Waals surface area contributed by atoms with Gasteiger partial charge in [-0.3, -0.25) is 0 Å². The van der Waals surface area contributed by atoms with Crippen LogP contribution in [-0.4, -0.2) is 29.7 Å². The number of amides is 1. The van der Waals surface area contributed by atoms with Crippen molar-refractivity contribution in [3.05, 3.63) is 47.6 Å². The smallest absolute Gasteiger partial charge is 0.410 e. The Balaban J connectivity index is 5.14. The molecule has 4 heteroatoms. The van der Waals surface area contributed by atoms with E-state index in [0.717, 1.165) is 24.0 Å².